The Morgan fingerprint density at radius 3 is 2.79 bits per heavy atom. The van der Waals surface area contributed by atoms with Gasteiger partial charge in [0.1, 0.15) is 5.82 Å². The summed E-state index contributed by atoms with van der Waals surface area (Å²) in [6, 6.07) is 5.96. The minimum atomic E-state index is 0. The van der Waals surface area contributed by atoms with Crippen molar-refractivity contribution < 1.29 is 4.74 Å². The lowest BCUT2D eigenvalue weighted by Crippen LogP contribution is -2.40. The molecule has 1 fully saturated rings. The molecule has 29 heavy (non-hydrogen) atoms. The van der Waals surface area contributed by atoms with Gasteiger partial charge in [-0.25, -0.2) is 0 Å². The Balaban J connectivity index is 0.00000300. The first-order valence-corrected chi connectivity index (χ1v) is 10.7. The minimum Gasteiger partial charge on any atom is -0.378 e. The summed E-state index contributed by atoms with van der Waals surface area (Å²) in [5.74, 6) is 2.58. The van der Waals surface area contributed by atoms with Crippen LogP contribution in [0.1, 0.15) is 51.3 Å². The number of pyridine rings is 1. The van der Waals surface area contributed by atoms with Gasteiger partial charge in [-0.15, -0.1) is 34.2 Å². The second kappa shape index (κ2) is 13.0. The normalized spacial score (nSPS) is 16.0. The van der Waals surface area contributed by atoms with Gasteiger partial charge in [-0.3, -0.25) is 9.39 Å². The number of nitrogens with zero attached hydrogens (tertiary/aromatic N) is 4. The van der Waals surface area contributed by atoms with E-state index in [0.717, 1.165) is 62.3 Å². The zero-order valence-electron chi connectivity index (χ0n) is 17.6. The summed E-state index contributed by atoms with van der Waals surface area (Å²) in [7, 11) is 1.82. The molecule has 8 heteroatoms. The van der Waals surface area contributed by atoms with Gasteiger partial charge in [-0.2, -0.15) is 0 Å². The number of halogens is 1. The van der Waals surface area contributed by atoms with Crippen LogP contribution in [-0.4, -0.2) is 53.4 Å². The Morgan fingerprint density at radius 1 is 1.24 bits per heavy atom. The van der Waals surface area contributed by atoms with Crippen molar-refractivity contribution in [2.45, 2.75) is 58.0 Å². The van der Waals surface area contributed by atoms with E-state index in [1.54, 1.807) is 0 Å². The van der Waals surface area contributed by atoms with Crippen LogP contribution >= 0.6 is 24.0 Å². The molecule has 1 atom stereocenters. The van der Waals surface area contributed by atoms with Crippen LogP contribution in [0.4, 0.5) is 0 Å². The van der Waals surface area contributed by atoms with Crippen LogP contribution in [0.15, 0.2) is 29.4 Å². The maximum atomic E-state index is 6.00. The molecular weight excluding hydrogens is 479 g/mol. The topological polar surface area (TPSA) is 75.8 Å². The largest absolute Gasteiger partial charge is 0.378 e. The average molecular weight is 514 g/mol. The van der Waals surface area contributed by atoms with E-state index in [1.165, 1.54) is 25.7 Å². The second-order valence-corrected chi connectivity index (χ2v) is 7.40. The Kier molecular flexibility index (Phi) is 10.7. The lowest BCUT2D eigenvalue weighted by Gasteiger charge is -2.24. The zero-order chi connectivity index (χ0) is 19.6. The van der Waals surface area contributed by atoms with Crippen molar-refractivity contribution in [3.05, 3.63) is 30.2 Å². The minimum absolute atomic E-state index is 0. The summed E-state index contributed by atoms with van der Waals surface area (Å²) in [6.45, 7) is 4.62. The van der Waals surface area contributed by atoms with Crippen LogP contribution in [0.25, 0.3) is 5.65 Å². The van der Waals surface area contributed by atoms with Gasteiger partial charge >= 0.3 is 0 Å². The first-order valence-electron chi connectivity index (χ1n) is 10.7. The molecule has 1 aliphatic rings. The lowest BCUT2D eigenvalue weighted by molar-refractivity contribution is 0.0169. The van der Waals surface area contributed by atoms with Crippen molar-refractivity contribution in [2.75, 3.05) is 26.7 Å². The highest BCUT2D eigenvalue weighted by Crippen LogP contribution is 2.30. The molecule has 0 radical (unpaired) electrons. The third kappa shape index (κ3) is 7.09. The zero-order valence-corrected chi connectivity index (χ0v) is 20.0. The van der Waals surface area contributed by atoms with Crippen LogP contribution in [0.2, 0.25) is 0 Å². The van der Waals surface area contributed by atoms with E-state index in [-0.39, 0.29) is 24.0 Å². The summed E-state index contributed by atoms with van der Waals surface area (Å²) < 4.78 is 8.05. The van der Waals surface area contributed by atoms with E-state index in [4.69, 9.17) is 4.74 Å². The highest BCUT2D eigenvalue weighted by molar-refractivity contribution is 14.0. The molecule has 7 nitrogen and oxygen atoms in total. The molecule has 2 heterocycles. The van der Waals surface area contributed by atoms with Gasteiger partial charge in [0.25, 0.3) is 0 Å². The predicted octanol–water partition coefficient (Wildman–Crippen LogP) is 3.43. The lowest BCUT2D eigenvalue weighted by atomic mass is 9.98. The molecule has 2 aromatic heterocycles. The Bertz CT molecular complexity index is 744. The molecule has 162 valence electrons. The van der Waals surface area contributed by atoms with Crippen molar-refractivity contribution in [2.24, 2.45) is 10.9 Å². The van der Waals surface area contributed by atoms with Gasteiger partial charge in [0, 0.05) is 39.4 Å². The van der Waals surface area contributed by atoms with Crippen LogP contribution in [0.3, 0.4) is 0 Å². The maximum absolute atomic E-state index is 6.00. The number of rotatable bonds is 10. The molecule has 3 rings (SSSR count). The monoisotopic (exact) mass is 514 g/mol. The van der Waals surface area contributed by atoms with E-state index in [2.05, 4.69) is 32.7 Å². The highest BCUT2D eigenvalue weighted by atomic mass is 127. The number of nitrogens with one attached hydrogen (secondary N) is 2. The quantitative estimate of drug-likeness (QED) is 0.220. The smallest absolute Gasteiger partial charge is 0.190 e. The molecule has 2 aromatic rings. The fourth-order valence-corrected chi connectivity index (χ4v) is 4.07. The summed E-state index contributed by atoms with van der Waals surface area (Å²) in [5.41, 5.74) is 0.897. The van der Waals surface area contributed by atoms with Crippen molar-refractivity contribution in [1.82, 2.24) is 25.2 Å². The third-order valence-corrected chi connectivity index (χ3v) is 5.51. The average Bonchev–Trinajstić information content (AvgIpc) is 3.39. The molecule has 0 spiro atoms. The van der Waals surface area contributed by atoms with Gasteiger partial charge in [0.2, 0.25) is 0 Å². The molecule has 1 aliphatic carbocycles. The van der Waals surface area contributed by atoms with Crippen LogP contribution < -0.4 is 10.6 Å². The van der Waals surface area contributed by atoms with E-state index in [0.29, 0.717) is 6.10 Å². The number of aliphatic imine (C=N–C) groups is 1. The first-order chi connectivity index (χ1) is 13.8. The van der Waals surface area contributed by atoms with Crippen molar-refractivity contribution in [3.8, 4) is 0 Å². The summed E-state index contributed by atoms with van der Waals surface area (Å²) in [5, 5.41) is 15.3. The Hall–Kier alpha value is -1.42. The van der Waals surface area contributed by atoms with E-state index < -0.39 is 0 Å². The predicted molar refractivity (Wildman–Crippen MR) is 128 cm³/mol. The van der Waals surface area contributed by atoms with Crippen molar-refractivity contribution >= 4 is 35.6 Å². The maximum Gasteiger partial charge on any atom is 0.190 e. The van der Waals surface area contributed by atoms with E-state index in [1.807, 2.05) is 35.8 Å². The number of guanidine groups is 1. The highest BCUT2D eigenvalue weighted by Gasteiger charge is 2.25. The van der Waals surface area contributed by atoms with Crippen molar-refractivity contribution in [3.63, 3.8) is 0 Å². The van der Waals surface area contributed by atoms with Gasteiger partial charge in [-0.1, -0.05) is 18.9 Å². The van der Waals surface area contributed by atoms with Crippen LogP contribution in [-0.2, 0) is 11.2 Å². The fraction of sp³-hybridized carbons (Fsp3) is 0.667. The third-order valence-electron chi connectivity index (χ3n) is 5.51. The van der Waals surface area contributed by atoms with Gasteiger partial charge in [0.15, 0.2) is 11.6 Å². The Labute approximate surface area is 191 Å². The number of hydrogen-bond acceptors (Lipinski definition) is 4. The summed E-state index contributed by atoms with van der Waals surface area (Å²) in [6.07, 6.45) is 10.6. The molecular formula is C21H35IN6O. The van der Waals surface area contributed by atoms with Crippen LogP contribution in [0.5, 0.6) is 0 Å². The first kappa shape index (κ1) is 23.9. The van der Waals surface area contributed by atoms with E-state index in [9.17, 15) is 0 Å². The summed E-state index contributed by atoms with van der Waals surface area (Å²) >= 11 is 0. The number of hydrogen-bond donors (Lipinski definition) is 2. The molecule has 1 saturated carbocycles. The fourth-order valence-electron chi connectivity index (χ4n) is 4.07. The molecule has 0 bridgehead atoms. The van der Waals surface area contributed by atoms with Crippen molar-refractivity contribution in [1.29, 1.82) is 0 Å². The van der Waals surface area contributed by atoms with Crippen LogP contribution in [0, 0.1) is 5.92 Å². The van der Waals surface area contributed by atoms with E-state index >= 15 is 0 Å². The number of ether oxygens (including phenoxy) is 1. The molecule has 0 amide bonds. The number of fused-ring (bicyclic) bond motifs is 1. The molecule has 0 aliphatic heterocycles. The Morgan fingerprint density at radius 2 is 2.03 bits per heavy atom. The van der Waals surface area contributed by atoms with Gasteiger partial charge in [0.05, 0.1) is 6.10 Å². The molecule has 0 saturated heterocycles. The van der Waals surface area contributed by atoms with Gasteiger partial charge < -0.3 is 15.4 Å². The van der Waals surface area contributed by atoms with Gasteiger partial charge in [-0.05, 0) is 50.7 Å². The molecule has 1 unspecified atom stereocenters. The standard InChI is InChI=1S/C21H34N6O.HI/c1-3-28-18(17-9-4-5-10-17)13-15-24-21(22-2)23-14-8-12-20-26-25-19-11-6-7-16-27(19)20;/h6-7,11,16-18H,3-5,8-10,12-15H2,1-2H3,(H2,22,23,24);1H. The number of aryl methyl sites for hydroxylation is 1. The SMILES string of the molecule is CCOC(CCNC(=NC)NCCCc1nnc2ccccn12)C1CCCC1.I. The second-order valence-electron chi connectivity index (χ2n) is 7.40. The number of aromatic nitrogens is 3. The molecule has 2 N–H and O–H groups in total. The molecule has 0 aromatic carbocycles. The summed E-state index contributed by atoms with van der Waals surface area (Å²) in [4.78, 5) is 4.33.